The summed E-state index contributed by atoms with van der Waals surface area (Å²) in [6, 6.07) is 9.61. The van der Waals surface area contributed by atoms with Gasteiger partial charge in [-0.25, -0.2) is 4.79 Å². The lowest BCUT2D eigenvalue weighted by atomic mass is 10.1. The fraction of sp³-hybridized carbons (Fsp3) is 0.263. The number of esters is 2. The van der Waals surface area contributed by atoms with Gasteiger partial charge in [-0.3, -0.25) is 4.79 Å². The van der Waals surface area contributed by atoms with Crippen LogP contribution in [-0.2, 0) is 16.0 Å². The Labute approximate surface area is 151 Å². The molecule has 0 fully saturated rings. The van der Waals surface area contributed by atoms with Crippen LogP contribution in [0.25, 0.3) is 0 Å². The van der Waals surface area contributed by atoms with Gasteiger partial charge in [-0.2, -0.15) is 0 Å². The highest BCUT2D eigenvalue weighted by atomic mass is 16.5. The number of carbonyl (C=O) groups is 2. The Hall–Kier alpha value is -3.22. The van der Waals surface area contributed by atoms with E-state index in [1.807, 2.05) is 0 Å². The fourth-order valence-electron chi connectivity index (χ4n) is 2.28. The van der Waals surface area contributed by atoms with Crippen LogP contribution in [0.4, 0.5) is 0 Å². The summed E-state index contributed by atoms with van der Waals surface area (Å²) < 4.78 is 25.6. The number of carbonyl (C=O) groups excluding carboxylic acids is 2. The summed E-state index contributed by atoms with van der Waals surface area (Å²) in [4.78, 5) is 23.7. The van der Waals surface area contributed by atoms with E-state index in [0.29, 0.717) is 23.0 Å². The van der Waals surface area contributed by atoms with Crippen molar-refractivity contribution in [2.75, 3.05) is 28.4 Å². The third kappa shape index (κ3) is 4.44. The molecule has 0 unspecified atom stereocenters. The van der Waals surface area contributed by atoms with Crippen molar-refractivity contribution in [3.63, 3.8) is 0 Å². The van der Waals surface area contributed by atoms with Crippen LogP contribution >= 0.6 is 0 Å². The van der Waals surface area contributed by atoms with Gasteiger partial charge in [0.1, 0.15) is 5.75 Å². The standard InChI is InChI=1S/C19H20O7/c1-22-15-10-13(11-16(23-2)18(15)25-4)19(21)26-14-7-5-12(6-8-14)9-17(20)24-3/h5-8,10-11H,9H2,1-4H3. The van der Waals surface area contributed by atoms with Gasteiger partial charge in [-0.1, -0.05) is 12.1 Å². The third-order valence-electron chi connectivity index (χ3n) is 3.61. The van der Waals surface area contributed by atoms with E-state index in [9.17, 15) is 9.59 Å². The number of methoxy groups -OCH3 is 4. The number of hydrogen-bond acceptors (Lipinski definition) is 7. The molecule has 138 valence electrons. The summed E-state index contributed by atoms with van der Waals surface area (Å²) in [5, 5.41) is 0. The number of hydrogen-bond donors (Lipinski definition) is 0. The van der Waals surface area contributed by atoms with Crippen molar-refractivity contribution in [3.8, 4) is 23.0 Å². The molecule has 0 amide bonds. The number of rotatable bonds is 7. The summed E-state index contributed by atoms with van der Waals surface area (Å²) in [6.45, 7) is 0. The molecule has 0 saturated heterocycles. The molecule has 0 radical (unpaired) electrons. The van der Waals surface area contributed by atoms with Gasteiger partial charge in [-0.15, -0.1) is 0 Å². The van der Waals surface area contributed by atoms with Crippen LogP contribution in [0.5, 0.6) is 23.0 Å². The first-order valence-electron chi connectivity index (χ1n) is 7.70. The summed E-state index contributed by atoms with van der Waals surface area (Å²) >= 11 is 0. The van der Waals surface area contributed by atoms with Crippen LogP contribution in [-0.4, -0.2) is 40.4 Å². The lowest BCUT2D eigenvalue weighted by Crippen LogP contribution is -2.10. The molecule has 7 heteroatoms. The number of benzene rings is 2. The molecule has 0 heterocycles. The SMILES string of the molecule is COC(=O)Cc1ccc(OC(=O)c2cc(OC)c(OC)c(OC)c2)cc1. The largest absolute Gasteiger partial charge is 0.493 e. The Morgan fingerprint density at radius 2 is 1.42 bits per heavy atom. The topological polar surface area (TPSA) is 80.3 Å². The van der Waals surface area contributed by atoms with Crippen molar-refractivity contribution in [1.82, 2.24) is 0 Å². The Morgan fingerprint density at radius 3 is 1.88 bits per heavy atom. The van der Waals surface area contributed by atoms with Crippen molar-refractivity contribution >= 4 is 11.9 Å². The molecule has 0 aliphatic carbocycles. The Morgan fingerprint density at radius 1 is 0.846 bits per heavy atom. The lowest BCUT2D eigenvalue weighted by molar-refractivity contribution is -0.139. The highest BCUT2D eigenvalue weighted by Gasteiger charge is 2.18. The molecule has 0 aliphatic rings. The zero-order valence-electron chi connectivity index (χ0n) is 15.0. The highest BCUT2D eigenvalue weighted by molar-refractivity contribution is 5.92. The average Bonchev–Trinajstić information content (AvgIpc) is 2.67. The molecular formula is C19H20O7. The van der Waals surface area contributed by atoms with Gasteiger partial charge in [0.25, 0.3) is 0 Å². The van der Waals surface area contributed by atoms with Crippen LogP contribution in [0.15, 0.2) is 36.4 Å². The quantitative estimate of drug-likeness (QED) is 0.555. The molecule has 2 rings (SSSR count). The minimum atomic E-state index is -0.579. The van der Waals surface area contributed by atoms with Gasteiger partial charge in [0.15, 0.2) is 11.5 Å². The smallest absolute Gasteiger partial charge is 0.343 e. The van der Waals surface area contributed by atoms with Crippen molar-refractivity contribution in [3.05, 3.63) is 47.5 Å². The maximum absolute atomic E-state index is 12.4. The van der Waals surface area contributed by atoms with E-state index in [1.165, 1.54) is 40.6 Å². The maximum Gasteiger partial charge on any atom is 0.343 e. The molecule has 0 spiro atoms. The first-order chi connectivity index (χ1) is 12.5. The van der Waals surface area contributed by atoms with Crippen LogP contribution in [0.1, 0.15) is 15.9 Å². The van der Waals surface area contributed by atoms with Crippen LogP contribution in [0, 0.1) is 0 Å². The Bertz CT molecular complexity index is 756. The summed E-state index contributed by atoms with van der Waals surface area (Å²) in [5.41, 5.74) is 1.00. The predicted octanol–water partition coefficient (Wildman–Crippen LogP) is 2.65. The van der Waals surface area contributed by atoms with Crippen molar-refractivity contribution in [1.29, 1.82) is 0 Å². The van der Waals surface area contributed by atoms with E-state index in [2.05, 4.69) is 4.74 Å². The van der Waals surface area contributed by atoms with Crippen LogP contribution in [0.3, 0.4) is 0 Å². The first kappa shape index (κ1) is 19.1. The van der Waals surface area contributed by atoms with Gasteiger partial charge >= 0.3 is 11.9 Å². The molecule has 0 N–H and O–H groups in total. The van der Waals surface area contributed by atoms with E-state index in [0.717, 1.165) is 5.56 Å². The second-order valence-corrected chi connectivity index (χ2v) is 5.20. The molecule has 0 aromatic heterocycles. The van der Waals surface area contributed by atoms with Crippen LogP contribution < -0.4 is 18.9 Å². The van der Waals surface area contributed by atoms with Crippen molar-refractivity contribution in [2.24, 2.45) is 0 Å². The number of ether oxygens (including phenoxy) is 5. The molecule has 7 nitrogen and oxygen atoms in total. The van der Waals surface area contributed by atoms with E-state index < -0.39 is 5.97 Å². The molecule has 0 saturated carbocycles. The molecular weight excluding hydrogens is 340 g/mol. The van der Waals surface area contributed by atoms with E-state index >= 15 is 0 Å². The van der Waals surface area contributed by atoms with Gasteiger partial charge in [0.05, 0.1) is 40.4 Å². The third-order valence-corrected chi connectivity index (χ3v) is 3.61. The predicted molar refractivity (Wildman–Crippen MR) is 93.2 cm³/mol. The molecule has 2 aromatic rings. The van der Waals surface area contributed by atoms with Gasteiger partial charge in [0.2, 0.25) is 5.75 Å². The summed E-state index contributed by atoms with van der Waals surface area (Å²) in [5.74, 6) is 0.521. The van der Waals surface area contributed by atoms with E-state index in [4.69, 9.17) is 18.9 Å². The maximum atomic E-state index is 12.4. The normalized spacial score (nSPS) is 10.0. The molecule has 2 aromatic carbocycles. The van der Waals surface area contributed by atoms with E-state index in [-0.39, 0.29) is 18.0 Å². The van der Waals surface area contributed by atoms with Crippen molar-refractivity contribution < 1.29 is 33.3 Å². The molecule has 0 bridgehead atoms. The fourth-order valence-corrected chi connectivity index (χ4v) is 2.28. The Balaban J connectivity index is 2.18. The Kier molecular flexibility index (Phi) is 6.43. The molecule has 26 heavy (non-hydrogen) atoms. The first-order valence-corrected chi connectivity index (χ1v) is 7.70. The van der Waals surface area contributed by atoms with Gasteiger partial charge < -0.3 is 23.7 Å². The molecule has 0 atom stereocenters. The summed E-state index contributed by atoms with van der Waals surface area (Å²) in [7, 11) is 5.74. The zero-order valence-corrected chi connectivity index (χ0v) is 15.0. The lowest BCUT2D eigenvalue weighted by Gasteiger charge is -2.13. The van der Waals surface area contributed by atoms with Gasteiger partial charge in [0, 0.05) is 0 Å². The summed E-state index contributed by atoms with van der Waals surface area (Å²) in [6.07, 6.45) is 0.150. The van der Waals surface area contributed by atoms with Gasteiger partial charge in [-0.05, 0) is 29.8 Å². The van der Waals surface area contributed by atoms with Crippen molar-refractivity contribution in [2.45, 2.75) is 6.42 Å². The van der Waals surface area contributed by atoms with E-state index in [1.54, 1.807) is 24.3 Å². The van der Waals surface area contributed by atoms with Crippen LogP contribution in [0.2, 0.25) is 0 Å². The minimum Gasteiger partial charge on any atom is -0.493 e. The minimum absolute atomic E-state index is 0.150. The molecule has 0 aliphatic heterocycles. The monoisotopic (exact) mass is 360 g/mol. The highest BCUT2D eigenvalue weighted by Crippen LogP contribution is 2.38. The average molecular weight is 360 g/mol. The zero-order chi connectivity index (χ0) is 19.1. The second kappa shape index (κ2) is 8.75. The second-order valence-electron chi connectivity index (χ2n) is 5.20.